The van der Waals surface area contributed by atoms with Gasteiger partial charge in [0.05, 0.1) is 0 Å². The van der Waals surface area contributed by atoms with E-state index in [0.717, 1.165) is 51.6 Å². The molecule has 0 saturated heterocycles. The van der Waals surface area contributed by atoms with E-state index < -0.39 is 0 Å². The van der Waals surface area contributed by atoms with Gasteiger partial charge in [-0.15, -0.1) is 23.7 Å². The van der Waals surface area contributed by atoms with Crippen LogP contribution in [0.2, 0.25) is 0 Å². The lowest BCUT2D eigenvalue weighted by Crippen LogP contribution is -2.34. The topological polar surface area (TPSA) is 29.5 Å². The van der Waals surface area contributed by atoms with E-state index in [0.29, 0.717) is 6.61 Å². The van der Waals surface area contributed by atoms with Crippen LogP contribution in [-0.2, 0) is 4.74 Å². The van der Waals surface area contributed by atoms with Crippen molar-refractivity contribution in [3.63, 3.8) is 0 Å². The number of ether oxygens (including phenoxy) is 1. The van der Waals surface area contributed by atoms with Crippen LogP contribution in [0.1, 0.15) is 95.1 Å². The van der Waals surface area contributed by atoms with E-state index >= 15 is 0 Å². The van der Waals surface area contributed by atoms with Crippen LogP contribution in [0.25, 0.3) is 11.1 Å². The smallest absolute Gasteiger partial charge is 0.409 e. The minimum atomic E-state index is -0.184. The van der Waals surface area contributed by atoms with Crippen molar-refractivity contribution in [2.75, 3.05) is 19.7 Å². The monoisotopic (exact) mass is 483 g/mol. The van der Waals surface area contributed by atoms with Gasteiger partial charge >= 0.3 is 6.09 Å². The Morgan fingerprint density at radius 1 is 0.722 bits per heavy atom. The fourth-order valence-electron chi connectivity index (χ4n) is 4.97. The Balaban J connectivity index is 1.51. The first-order valence-electron chi connectivity index (χ1n) is 13.7. The lowest BCUT2D eigenvalue weighted by Gasteiger charge is -2.23. The summed E-state index contributed by atoms with van der Waals surface area (Å²) in [5.41, 5.74) is 5.01. The molecule has 0 unspecified atom stereocenters. The lowest BCUT2D eigenvalue weighted by atomic mass is 9.98. The SMILES string of the molecule is CC#CCCCCCCCCN(CCCCC#CC)C(=O)OCC1c2ccccc2-c2ccccc21. The van der Waals surface area contributed by atoms with Gasteiger partial charge in [-0.2, -0.15) is 0 Å². The Morgan fingerprint density at radius 3 is 1.78 bits per heavy atom. The number of hydrogen-bond acceptors (Lipinski definition) is 2. The second kappa shape index (κ2) is 15.7. The Bertz CT molecular complexity index is 1040. The predicted molar refractivity (Wildman–Crippen MR) is 150 cm³/mol. The third-order valence-electron chi connectivity index (χ3n) is 6.91. The fourth-order valence-corrected chi connectivity index (χ4v) is 4.97. The van der Waals surface area contributed by atoms with Crippen LogP contribution in [0, 0.1) is 23.7 Å². The maximum absolute atomic E-state index is 13.2. The maximum Gasteiger partial charge on any atom is 0.409 e. The first kappa shape index (κ1) is 27.4. The highest BCUT2D eigenvalue weighted by Gasteiger charge is 2.29. The molecule has 0 aliphatic heterocycles. The molecule has 3 nitrogen and oxygen atoms in total. The molecule has 3 heteroatoms. The molecule has 0 bridgehead atoms. The average molecular weight is 484 g/mol. The molecule has 1 aliphatic carbocycles. The molecule has 0 aromatic heterocycles. The highest BCUT2D eigenvalue weighted by atomic mass is 16.6. The van der Waals surface area contributed by atoms with Crippen molar-refractivity contribution in [3.05, 3.63) is 59.7 Å². The Hall–Kier alpha value is -3.17. The highest BCUT2D eigenvalue weighted by molar-refractivity contribution is 5.79. The van der Waals surface area contributed by atoms with Gasteiger partial charge in [0.1, 0.15) is 6.61 Å². The van der Waals surface area contributed by atoms with E-state index in [-0.39, 0.29) is 12.0 Å². The van der Waals surface area contributed by atoms with Gasteiger partial charge in [-0.3, -0.25) is 0 Å². The summed E-state index contributed by atoms with van der Waals surface area (Å²) in [6.45, 7) is 5.65. The van der Waals surface area contributed by atoms with E-state index in [1.807, 2.05) is 18.7 Å². The zero-order valence-corrected chi connectivity index (χ0v) is 22.2. The molecular weight excluding hydrogens is 442 g/mol. The number of carbonyl (C=O) groups excluding carboxylic acids is 1. The molecule has 3 rings (SSSR count). The first-order chi connectivity index (χ1) is 17.8. The van der Waals surface area contributed by atoms with Crippen molar-refractivity contribution < 1.29 is 9.53 Å². The summed E-state index contributed by atoms with van der Waals surface area (Å²) in [4.78, 5) is 15.1. The van der Waals surface area contributed by atoms with Gasteiger partial charge in [-0.05, 0) is 61.8 Å². The fraction of sp³-hybridized carbons (Fsp3) is 0.485. The molecule has 0 atom stereocenters. The summed E-state index contributed by atoms with van der Waals surface area (Å²) < 4.78 is 5.96. The third-order valence-corrected chi connectivity index (χ3v) is 6.91. The number of rotatable bonds is 14. The minimum Gasteiger partial charge on any atom is -0.448 e. The van der Waals surface area contributed by atoms with Gasteiger partial charge < -0.3 is 9.64 Å². The second-order valence-corrected chi connectivity index (χ2v) is 9.47. The molecule has 1 amide bonds. The summed E-state index contributed by atoms with van der Waals surface area (Å²) in [5.74, 6) is 12.3. The molecule has 2 aromatic rings. The number of amides is 1. The van der Waals surface area contributed by atoms with Crippen LogP contribution in [0.5, 0.6) is 0 Å². The van der Waals surface area contributed by atoms with Crippen LogP contribution >= 0.6 is 0 Å². The molecule has 190 valence electrons. The van der Waals surface area contributed by atoms with Gasteiger partial charge in [0, 0.05) is 31.8 Å². The van der Waals surface area contributed by atoms with E-state index in [1.54, 1.807) is 0 Å². The summed E-state index contributed by atoms with van der Waals surface area (Å²) in [5, 5.41) is 0. The average Bonchev–Trinajstić information content (AvgIpc) is 3.23. The lowest BCUT2D eigenvalue weighted by molar-refractivity contribution is 0.0983. The summed E-state index contributed by atoms with van der Waals surface area (Å²) in [7, 11) is 0. The molecular formula is C33H41NO2. The van der Waals surface area contributed by atoms with Gasteiger partial charge in [-0.1, -0.05) is 74.2 Å². The molecule has 2 aromatic carbocycles. The molecule has 36 heavy (non-hydrogen) atoms. The van der Waals surface area contributed by atoms with E-state index in [9.17, 15) is 4.79 Å². The molecule has 0 fully saturated rings. The van der Waals surface area contributed by atoms with Crippen molar-refractivity contribution in [1.29, 1.82) is 0 Å². The van der Waals surface area contributed by atoms with E-state index in [1.165, 1.54) is 47.9 Å². The van der Waals surface area contributed by atoms with Crippen molar-refractivity contribution in [1.82, 2.24) is 4.90 Å². The Kier molecular flexibility index (Phi) is 12.0. The predicted octanol–water partition coefficient (Wildman–Crippen LogP) is 8.19. The van der Waals surface area contributed by atoms with Gasteiger partial charge in [-0.25, -0.2) is 4.79 Å². The number of unbranched alkanes of at least 4 members (excludes halogenated alkanes) is 8. The summed E-state index contributed by atoms with van der Waals surface area (Å²) in [6.07, 6.45) is 10.7. The zero-order chi connectivity index (χ0) is 25.4. The largest absolute Gasteiger partial charge is 0.448 e. The third kappa shape index (κ3) is 8.20. The van der Waals surface area contributed by atoms with Crippen molar-refractivity contribution in [2.45, 2.75) is 84.0 Å². The highest BCUT2D eigenvalue weighted by Crippen LogP contribution is 2.44. The zero-order valence-electron chi connectivity index (χ0n) is 22.2. The molecule has 0 N–H and O–H groups in total. The quantitative estimate of drug-likeness (QED) is 0.200. The second-order valence-electron chi connectivity index (χ2n) is 9.47. The summed E-state index contributed by atoms with van der Waals surface area (Å²) >= 11 is 0. The van der Waals surface area contributed by atoms with Crippen molar-refractivity contribution in [2.24, 2.45) is 0 Å². The molecule has 0 saturated carbocycles. The van der Waals surface area contributed by atoms with Gasteiger partial charge in [0.2, 0.25) is 0 Å². The van der Waals surface area contributed by atoms with Gasteiger partial charge in [0.15, 0.2) is 0 Å². The number of carbonyl (C=O) groups is 1. The summed E-state index contributed by atoms with van der Waals surface area (Å²) in [6, 6.07) is 17.0. The standard InChI is InChI=1S/C33H41NO2/c1-3-5-7-9-10-11-12-14-20-26-34(25-19-13-8-6-4-2)33(35)36-27-32-30-23-17-15-21-28(30)29-22-16-18-24-31(29)32/h15-18,21-24,32H,7-14,19-20,25-27H2,1-2H3. The Labute approximate surface area is 218 Å². The van der Waals surface area contributed by atoms with Crippen LogP contribution in [-0.4, -0.2) is 30.7 Å². The van der Waals surface area contributed by atoms with E-state index in [2.05, 4.69) is 72.2 Å². The normalized spacial score (nSPS) is 11.5. The molecule has 1 aliphatic rings. The van der Waals surface area contributed by atoms with Gasteiger partial charge in [0.25, 0.3) is 0 Å². The van der Waals surface area contributed by atoms with Crippen molar-refractivity contribution >= 4 is 6.09 Å². The molecule has 0 spiro atoms. The number of benzene rings is 2. The molecule has 0 heterocycles. The molecule has 0 radical (unpaired) electrons. The van der Waals surface area contributed by atoms with Crippen LogP contribution in [0.15, 0.2) is 48.5 Å². The van der Waals surface area contributed by atoms with Crippen LogP contribution in [0.3, 0.4) is 0 Å². The first-order valence-corrected chi connectivity index (χ1v) is 13.7. The number of hydrogen-bond donors (Lipinski definition) is 0. The number of nitrogens with zero attached hydrogens (tertiary/aromatic N) is 1. The van der Waals surface area contributed by atoms with Crippen LogP contribution < -0.4 is 0 Å². The Morgan fingerprint density at radius 2 is 1.19 bits per heavy atom. The maximum atomic E-state index is 13.2. The number of fused-ring (bicyclic) bond motifs is 3. The minimum absolute atomic E-state index is 0.0976. The van der Waals surface area contributed by atoms with E-state index in [4.69, 9.17) is 4.74 Å². The van der Waals surface area contributed by atoms with Crippen molar-refractivity contribution in [3.8, 4) is 34.8 Å². The van der Waals surface area contributed by atoms with Crippen LogP contribution in [0.4, 0.5) is 4.79 Å².